The number of aromatic nitrogens is 4. The number of carbonyl (C=O) groups is 1. The van der Waals surface area contributed by atoms with Gasteiger partial charge < -0.3 is 10.0 Å². The monoisotopic (exact) mass is 331 g/mol. The Labute approximate surface area is 141 Å². The van der Waals surface area contributed by atoms with Crippen molar-refractivity contribution in [2.24, 2.45) is 0 Å². The Balaban J connectivity index is 1.68. The fraction of sp³-hybridized carbons (Fsp3) is 0.647. The molecule has 2 aromatic heterocycles. The Kier molecular flexibility index (Phi) is 5.08. The highest BCUT2D eigenvalue weighted by Crippen LogP contribution is 2.23. The molecule has 2 aromatic rings. The minimum absolute atomic E-state index is 0.195. The first-order valence-corrected chi connectivity index (χ1v) is 8.68. The normalized spacial score (nSPS) is 17.8. The number of hydrogen-bond acceptors (Lipinski definition) is 5. The van der Waals surface area contributed by atoms with Gasteiger partial charge in [-0.05, 0) is 51.5 Å². The summed E-state index contributed by atoms with van der Waals surface area (Å²) in [4.78, 5) is 23.2. The minimum Gasteiger partial charge on any atom is -0.396 e. The van der Waals surface area contributed by atoms with Gasteiger partial charge in [0.2, 0.25) is 5.91 Å². The summed E-state index contributed by atoms with van der Waals surface area (Å²) in [5.74, 6) is 0.802. The van der Waals surface area contributed by atoms with Crippen LogP contribution >= 0.6 is 0 Å². The second-order valence-corrected chi connectivity index (χ2v) is 6.48. The molecule has 3 heterocycles. The van der Waals surface area contributed by atoms with Gasteiger partial charge in [-0.25, -0.2) is 9.50 Å². The molecule has 1 saturated heterocycles. The van der Waals surface area contributed by atoms with E-state index in [9.17, 15) is 4.79 Å². The number of amides is 1. The molecule has 1 unspecified atom stereocenters. The number of aryl methyl sites for hydroxylation is 2. The molecule has 1 aliphatic heterocycles. The smallest absolute Gasteiger partial charge is 0.252 e. The van der Waals surface area contributed by atoms with Crippen molar-refractivity contribution in [2.45, 2.75) is 58.4 Å². The van der Waals surface area contributed by atoms with Crippen molar-refractivity contribution < 1.29 is 9.90 Å². The highest BCUT2D eigenvalue weighted by Gasteiger charge is 2.28. The molecule has 130 valence electrons. The van der Waals surface area contributed by atoms with Crippen molar-refractivity contribution in [3.05, 3.63) is 23.3 Å². The molecular formula is C17H25N5O2. The van der Waals surface area contributed by atoms with Crippen LogP contribution < -0.4 is 0 Å². The summed E-state index contributed by atoms with van der Waals surface area (Å²) < 4.78 is 1.73. The van der Waals surface area contributed by atoms with Crippen LogP contribution in [0.3, 0.4) is 0 Å². The summed E-state index contributed by atoms with van der Waals surface area (Å²) >= 11 is 0. The van der Waals surface area contributed by atoms with Gasteiger partial charge in [-0.1, -0.05) is 0 Å². The van der Waals surface area contributed by atoms with E-state index >= 15 is 0 Å². The molecule has 0 bridgehead atoms. The molecule has 1 fully saturated rings. The van der Waals surface area contributed by atoms with E-state index < -0.39 is 0 Å². The van der Waals surface area contributed by atoms with Crippen LogP contribution in [-0.4, -0.2) is 54.7 Å². The topological polar surface area (TPSA) is 83.6 Å². The van der Waals surface area contributed by atoms with Gasteiger partial charge in [-0.3, -0.25) is 4.79 Å². The average molecular weight is 331 g/mol. The van der Waals surface area contributed by atoms with Gasteiger partial charge in [0.15, 0.2) is 0 Å². The molecule has 7 heteroatoms. The van der Waals surface area contributed by atoms with Crippen molar-refractivity contribution >= 4 is 11.7 Å². The second kappa shape index (κ2) is 7.25. The first-order valence-electron chi connectivity index (χ1n) is 8.68. The molecule has 0 aliphatic carbocycles. The molecule has 0 spiro atoms. The van der Waals surface area contributed by atoms with Crippen LogP contribution in [0.25, 0.3) is 5.78 Å². The third-order valence-electron chi connectivity index (χ3n) is 4.97. The van der Waals surface area contributed by atoms with Crippen LogP contribution in [0.1, 0.15) is 49.1 Å². The summed E-state index contributed by atoms with van der Waals surface area (Å²) in [7, 11) is 0. The van der Waals surface area contributed by atoms with Gasteiger partial charge >= 0.3 is 0 Å². The fourth-order valence-electron chi connectivity index (χ4n) is 3.68. The zero-order valence-corrected chi connectivity index (χ0v) is 14.4. The largest absolute Gasteiger partial charge is 0.396 e. The van der Waals surface area contributed by atoms with E-state index in [2.05, 4.69) is 15.1 Å². The molecule has 1 amide bonds. The van der Waals surface area contributed by atoms with Crippen molar-refractivity contribution in [3.8, 4) is 0 Å². The average Bonchev–Trinajstić information content (AvgIpc) is 3.21. The van der Waals surface area contributed by atoms with E-state index in [0.717, 1.165) is 49.2 Å². The van der Waals surface area contributed by atoms with E-state index in [-0.39, 0.29) is 12.5 Å². The maximum atomic E-state index is 12.6. The van der Waals surface area contributed by atoms with Crippen molar-refractivity contribution in [1.82, 2.24) is 24.5 Å². The van der Waals surface area contributed by atoms with Crippen LogP contribution in [0.2, 0.25) is 0 Å². The number of aliphatic hydroxyl groups excluding tert-OH is 1. The molecule has 1 aliphatic rings. The van der Waals surface area contributed by atoms with Gasteiger partial charge in [0.05, 0.1) is 0 Å². The van der Waals surface area contributed by atoms with Gasteiger partial charge in [-0.2, -0.15) is 10.1 Å². The standard InChI is InChI=1S/C17H25N5O2/c1-12-15(13(2)22-17(20-12)18-11-19-22)7-8-16(24)21-9-3-5-14(21)6-4-10-23/h11,14,23H,3-10H2,1-2H3. The Morgan fingerprint density at radius 2 is 2.25 bits per heavy atom. The minimum atomic E-state index is 0.195. The number of carbonyl (C=O) groups excluding carboxylic acids is 1. The molecular weight excluding hydrogens is 306 g/mol. The maximum Gasteiger partial charge on any atom is 0.252 e. The molecule has 0 aromatic carbocycles. The predicted octanol–water partition coefficient (Wildman–Crippen LogP) is 1.44. The fourth-order valence-corrected chi connectivity index (χ4v) is 3.68. The SMILES string of the molecule is Cc1nc2ncnn2c(C)c1CCC(=O)N1CCCC1CCCO. The van der Waals surface area contributed by atoms with Crippen LogP contribution in [0.5, 0.6) is 0 Å². The number of hydrogen-bond donors (Lipinski definition) is 1. The first-order chi connectivity index (χ1) is 11.6. The van der Waals surface area contributed by atoms with Gasteiger partial charge in [0.25, 0.3) is 5.78 Å². The van der Waals surface area contributed by atoms with E-state index in [1.807, 2.05) is 18.7 Å². The van der Waals surface area contributed by atoms with E-state index in [4.69, 9.17) is 5.11 Å². The van der Waals surface area contributed by atoms with E-state index in [0.29, 0.717) is 24.7 Å². The Morgan fingerprint density at radius 3 is 3.04 bits per heavy atom. The summed E-state index contributed by atoms with van der Waals surface area (Å²) in [6, 6.07) is 0.294. The lowest BCUT2D eigenvalue weighted by Crippen LogP contribution is -2.35. The summed E-state index contributed by atoms with van der Waals surface area (Å²) in [6.07, 6.45) is 6.43. The second-order valence-electron chi connectivity index (χ2n) is 6.48. The van der Waals surface area contributed by atoms with Crippen LogP contribution in [-0.2, 0) is 11.2 Å². The molecule has 1 N–H and O–H groups in total. The third kappa shape index (κ3) is 3.26. The van der Waals surface area contributed by atoms with Crippen LogP contribution in [0.4, 0.5) is 0 Å². The van der Waals surface area contributed by atoms with E-state index in [1.165, 1.54) is 6.33 Å². The molecule has 0 saturated carbocycles. The molecule has 24 heavy (non-hydrogen) atoms. The number of aliphatic hydroxyl groups is 1. The molecule has 3 rings (SSSR count). The van der Waals surface area contributed by atoms with Gasteiger partial charge in [0.1, 0.15) is 6.33 Å². The van der Waals surface area contributed by atoms with E-state index in [1.54, 1.807) is 4.52 Å². The lowest BCUT2D eigenvalue weighted by atomic mass is 10.1. The lowest BCUT2D eigenvalue weighted by molar-refractivity contribution is -0.132. The number of likely N-dealkylation sites (tertiary alicyclic amines) is 1. The first kappa shape index (κ1) is 16.8. The number of fused-ring (bicyclic) bond motifs is 1. The van der Waals surface area contributed by atoms with Crippen molar-refractivity contribution in [1.29, 1.82) is 0 Å². The van der Waals surface area contributed by atoms with Crippen LogP contribution in [0, 0.1) is 13.8 Å². The summed E-state index contributed by atoms with van der Waals surface area (Å²) in [6.45, 7) is 4.99. The quantitative estimate of drug-likeness (QED) is 0.866. The Hall–Kier alpha value is -2.02. The molecule has 7 nitrogen and oxygen atoms in total. The van der Waals surface area contributed by atoms with Gasteiger partial charge in [0, 0.05) is 37.0 Å². The maximum absolute atomic E-state index is 12.6. The van der Waals surface area contributed by atoms with Crippen molar-refractivity contribution in [3.63, 3.8) is 0 Å². The number of rotatable bonds is 6. The zero-order chi connectivity index (χ0) is 17.1. The summed E-state index contributed by atoms with van der Waals surface area (Å²) in [5.41, 5.74) is 2.99. The highest BCUT2D eigenvalue weighted by atomic mass is 16.3. The zero-order valence-electron chi connectivity index (χ0n) is 14.4. The number of nitrogens with zero attached hydrogens (tertiary/aromatic N) is 5. The Morgan fingerprint density at radius 1 is 1.42 bits per heavy atom. The molecule has 0 radical (unpaired) electrons. The summed E-state index contributed by atoms with van der Waals surface area (Å²) in [5, 5.41) is 13.2. The lowest BCUT2D eigenvalue weighted by Gasteiger charge is -2.25. The van der Waals surface area contributed by atoms with Gasteiger partial charge in [-0.15, -0.1) is 0 Å². The third-order valence-corrected chi connectivity index (χ3v) is 4.97. The van der Waals surface area contributed by atoms with Crippen molar-refractivity contribution in [2.75, 3.05) is 13.2 Å². The predicted molar refractivity (Wildman–Crippen MR) is 89.6 cm³/mol. The molecule has 1 atom stereocenters. The van der Waals surface area contributed by atoms with Crippen LogP contribution in [0.15, 0.2) is 6.33 Å². The highest BCUT2D eigenvalue weighted by molar-refractivity contribution is 5.77. The Bertz CT molecular complexity index is 727.